The van der Waals surface area contributed by atoms with Gasteiger partial charge in [-0.15, -0.1) is 12.3 Å². The number of likely N-dealkylation sites (tertiary alicyclic amines) is 1. The quantitative estimate of drug-likeness (QED) is 0.432. The molecule has 3 aliphatic rings. The maximum Gasteiger partial charge on any atom is 0.222 e. The molecule has 1 unspecified atom stereocenters. The number of piperidine rings is 1. The number of fused-ring (bicyclic) bond motifs is 1. The van der Waals surface area contributed by atoms with Crippen molar-refractivity contribution in [2.45, 2.75) is 50.7 Å². The molecule has 1 amide bonds. The van der Waals surface area contributed by atoms with E-state index in [1.165, 1.54) is 0 Å². The SMILES string of the molecule is C#CCCCC(=O)N1CCCC[C@@H]1CNc1nc(C2=CNC3NC=C(Cl)C=C23)ncc1F. The maximum atomic E-state index is 14.5. The fourth-order valence-electron chi connectivity index (χ4n) is 4.20. The van der Waals surface area contributed by atoms with Crippen LogP contribution in [0.25, 0.3) is 5.57 Å². The molecule has 2 atom stereocenters. The fraction of sp³-hybridized carbons (Fsp3) is 0.435. The Morgan fingerprint density at radius 2 is 2.22 bits per heavy atom. The molecule has 0 bridgehead atoms. The van der Waals surface area contributed by atoms with Crippen molar-refractivity contribution in [2.24, 2.45) is 0 Å². The minimum Gasteiger partial charge on any atom is -0.367 e. The molecule has 0 saturated carbocycles. The lowest BCUT2D eigenvalue weighted by atomic mass is 10.0. The summed E-state index contributed by atoms with van der Waals surface area (Å²) in [5.41, 5.74) is 1.64. The van der Waals surface area contributed by atoms with Crippen LogP contribution in [0.1, 0.15) is 44.3 Å². The molecule has 7 nitrogen and oxygen atoms in total. The van der Waals surface area contributed by atoms with Gasteiger partial charge in [0.15, 0.2) is 17.5 Å². The van der Waals surface area contributed by atoms with Crippen LogP contribution in [0.15, 0.2) is 35.3 Å². The van der Waals surface area contributed by atoms with Crippen LogP contribution >= 0.6 is 11.6 Å². The molecule has 0 aliphatic carbocycles. The topological polar surface area (TPSA) is 82.2 Å². The van der Waals surface area contributed by atoms with Gasteiger partial charge < -0.3 is 20.9 Å². The third kappa shape index (κ3) is 4.89. The third-order valence-electron chi connectivity index (χ3n) is 5.85. The van der Waals surface area contributed by atoms with Crippen LogP contribution in [-0.2, 0) is 4.79 Å². The fourth-order valence-corrected chi connectivity index (χ4v) is 4.38. The number of dihydropyridines is 1. The first-order chi connectivity index (χ1) is 15.6. The van der Waals surface area contributed by atoms with Crippen molar-refractivity contribution in [1.29, 1.82) is 0 Å². The summed E-state index contributed by atoms with van der Waals surface area (Å²) in [5, 5.41) is 10.0. The van der Waals surface area contributed by atoms with Gasteiger partial charge in [0.2, 0.25) is 5.91 Å². The smallest absolute Gasteiger partial charge is 0.222 e. The predicted octanol–water partition coefficient (Wildman–Crippen LogP) is 3.09. The Morgan fingerprint density at radius 1 is 1.38 bits per heavy atom. The van der Waals surface area contributed by atoms with Crippen LogP contribution < -0.4 is 16.0 Å². The lowest BCUT2D eigenvalue weighted by molar-refractivity contribution is -0.134. The van der Waals surface area contributed by atoms with E-state index in [0.29, 0.717) is 43.2 Å². The molecule has 168 valence electrons. The first kappa shape index (κ1) is 22.2. The first-order valence-corrected chi connectivity index (χ1v) is 11.2. The van der Waals surface area contributed by atoms with Crippen LogP contribution in [-0.4, -0.2) is 46.1 Å². The molecule has 0 radical (unpaired) electrons. The molecule has 1 saturated heterocycles. The van der Waals surface area contributed by atoms with Gasteiger partial charge in [0, 0.05) is 55.5 Å². The van der Waals surface area contributed by atoms with Crippen LogP contribution in [0.3, 0.4) is 0 Å². The number of hydrogen-bond donors (Lipinski definition) is 3. The summed E-state index contributed by atoms with van der Waals surface area (Å²) in [5.74, 6) is 2.66. The summed E-state index contributed by atoms with van der Waals surface area (Å²) in [4.78, 5) is 23.1. The van der Waals surface area contributed by atoms with Crippen molar-refractivity contribution in [3.8, 4) is 12.3 Å². The van der Waals surface area contributed by atoms with Gasteiger partial charge in [-0.05, 0) is 31.8 Å². The Balaban J connectivity index is 1.45. The highest BCUT2D eigenvalue weighted by atomic mass is 35.5. The molecule has 4 rings (SSSR count). The lowest BCUT2D eigenvalue weighted by Crippen LogP contribution is -2.47. The second-order valence-electron chi connectivity index (χ2n) is 8.02. The number of hydrogen-bond acceptors (Lipinski definition) is 6. The molecule has 1 fully saturated rings. The van der Waals surface area contributed by atoms with Crippen LogP contribution in [0.4, 0.5) is 10.2 Å². The zero-order valence-electron chi connectivity index (χ0n) is 17.7. The van der Waals surface area contributed by atoms with Gasteiger partial charge in [-0.2, -0.15) is 0 Å². The predicted molar refractivity (Wildman–Crippen MR) is 123 cm³/mol. The highest BCUT2D eigenvalue weighted by molar-refractivity contribution is 6.31. The van der Waals surface area contributed by atoms with Crippen molar-refractivity contribution in [3.63, 3.8) is 0 Å². The van der Waals surface area contributed by atoms with Gasteiger partial charge in [-0.25, -0.2) is 14.4 Å². The summed E-state index contributed by atoms with van der Waals surface area (Å²) in [6.45, 7) is 1.14. The van der Waals surface area contributed by atoms with E-state index >= 15 is 0 Å². The minimum atomic E-state index is -0.534. The number of carbonyl (C=O) groups is 1. The maximum absolute atomic E-state index is 14.5. The van der Waals surface area contributed by atoms with Gasteiger partial charge in [0.05, 0.1) is 11.2 Å². The average Bonchev–Trinajstić information content (AvgIpc) is 3.22. The zero-order chi connectivity index (χ0) is 22.5. The molecule has 3 aliphatic heterocycles. The Labute approximate surface area is 192 Å². The third-order valence-corrected chi connectivity index (χ3v) is 6.07. The molecule has 3 N–H and O–H groups in total. The Morgan fingerprint density at radius 3 is 3.06 bits per heavy atom. The highest BCUT2D eigenvalue weighted by Crippen LogP contribution is 2.31. The molecular formula is C23H26ClFN6O. The summed E-state index contributed by atoms with van der Waals surface area (Å²) in [6.07, 6.45) is 16.3. The standard InChI is InChI=1S/C23H26ClFN6O/c1-2-3-4-8-20(32)31-9-6-5-7-16(31)12-27-23-19(25)14-29-22(30-23)18-13-28-21-17(18)10-15(24)11-26-21/h1,10-11,13-14,16,21,26,28H,3-9,12H2,(H,27,29,30)/t16-,21?/m1/s1. The number of allylic oxidation sites excluding steroid dienone is 2. The number of nitrogens with zero attached hydrogens (tertiary/aromatic N) is 3. The molecule has 4 heterocycles. The second kappa shape index (κ2) is 10.0. The van der Waals surface area contributed by atoms with Gasteiger partial charge >= 0.3 is 0 Å². The number of terminal acetylenes is 1. The Hall–Kier alpha value is -3.05. The number of aromatic nitrogens is 2. The number of rotatable bonds is 7. The molecular weight excluding hydrogens is 431 g/mol. The molecule has 1 aromatic rings. The van der Waals surface area contributed by atoms with E-state index in [2.05, 4.69) is 31.8 Å². The van der Waals surface area contributed by atoms with E-state index in [9.17, 15) is 9.18 Å². The number of anilines is 1. The van der Waals surface area contributed by atoms with Gasteiger partial charge in [-0.1, -0.05) is 11.6 Å². The van der Waals surface area contributed by atoms with E-state index in [4.69, 9.17) is 18.0 Å². The number of unbranched alkanes of at least 4 members (excludes halogenated alkanes) is 1. The van der Waals surface area contributed by atoms with Crippen molar-refractivity contribution in [1.82, 2.24) is 25.5 Å². The largest absolute Gasteiger partial charge is 0.367 e. The zero-order valence-corrected chi connectivity index (χ0v) is 18.5. The molecule has 9 heteroatoms. The Kier molecular flexibility index (Phi) is 6.96. The average molecular weight is 457 g/mol. The summed E-state index contributed by atoms with van der Waals surface area (Å²) >= 11 is 6.12. The summed E-state index contributed by atoms with van der Waals surface area (Å²) in [7, 11) is 0. The molecule has 32 heavy (non-hydrogen) atoms. The summed E-state index contributed by atoms with van der Waals surface area (Å²) < 4.78 is 14.5. The van der Waals surface area contributed by atoms with Crippen molar-refractivity contribution in [2.75, 3.05) is 18.4 Å². The molecule has 0 spiro atoms. The number of halogens is 2. The highest BCUT2D eigenvalue weighted by Gasteiger charge is 2.29. The lowest BCUT2D eigenvalue weighted by Gasteiger charge is -2.36. The van der Waals surface area contributed by atoms with Crippen LogP contribution in [0, 0.1) is 18.2 Å². The number of amides is 1. The monoisotopic (exact) mass is 456 g/mol. The van der Waals surface area contributed by atoms with Gasteiger partial charge in [-0.3, -0.25) is 4.79 Å². The Bertz CT molecular complexity index is 1010. The van der Waals surface area contributed by atoms with Crippen molar-refractivity contribution in [3.05, 3.63) is 46.9 Å². The van der Waals surface area contributed by atoms with E-state index in [1.54, 1.807) is 12.4 Å². The van der Waals surface area contributed by atoms with E-state index < -0.39 is 5.82 Å². The van der Waals surface area contributed by atoms with Crippen molar-refractivity contribution < 1.29 is 9.18 Å². The van der Waals surface area contributed by atoms with Gasteiger partial charge in [0.25, 0.3) is 0 Å². The van der Waals surface area contributed by atoms with Gasteiger partial charge in [0.1, 0.15) is 6.17 Å². The number of nitrogens with one attached hydrogen (secondary N) is 3. The van der Waals surface area contributed by atoms with Crippen LogP contribution in [0.2, 0.25) is 0 Å². The first-order valence-electron chi connectivity index (χ1n) is 10.9. The van der Waals surface area contributed by atoms with Crippen molar-refractivity contribution >= 4 is 28.9 Å². The van der Waals surface area contributed by atoms with E-state index in [0.717, 1.165) is 36.6 Å². The summed E-state index contributed by atoms with van der Waals surface area (Å²) in [6, 6.07) is -0.00848. The van der Waals surface area contributed by atoms with E-state index in [1.807, 2.05) is 11.0 Å². The minimum absolute atomic E-state index is 0.00848. The number of carbonyl (C=O) groups excluding carboxylic acids is 1. The molecule has 0 aromatic carbocycles. The normalized spacial score (nSPS) is 21.9. The molecule has 1 aromatic heterocycles. The second-order valence-corrected chi connectivity index (χ2v) is 8.46. The van der Waals surface area contributed by atoms with E-state index in [-0.39, 0.29) is 23.9 Å². The van der Waals surface area contributed by atoms with Crippen LogP contribution in [0.5, 0.6) is 0 Å².